The molecule has 7 heteroatoms. The van der Waals surface area contributed by atoms with Gasteiger partial charge in [0.25, 0.3) is 5.91 Å². The summed E-state index contributed by atoms with van der Waals surface area (Å²) in [6.45, 7) is 1.60. The summed E-state index contributed by atoms with van der Waals surface area (Å²) in [5, 5.41) is 2.57. The first kappa shape index (κ1) is 18.3. The van der Waals surface area contributed by atoms with Crippen LogP contribution in [0.2, 0.25) is 0 Å². The van der Waals surface area contributed by atoms with Crippen molar-refractivity contribution in [1.29, 1.82) is 0 Å². The number of methoxy groups -OCH3 is 3. The number of anilines is 1. The van der Waals surface area contributed by atoms with Gasteiger partial charge in [0.2, 0.25) is 0 Å². The third-order valence-electron chi connectivity index (χ3n) is 3.61. The molecule has 0 radical (unpaired) electrons. The lowest BCUT2D eigenvalue weighted by atomic mass is 10.1. The zero-order chi connectivity index (χ0) is 18.6. The van der Waals surface area contributed by atoms with Crippen molar-refractivity contribution in [3.8, 4) is 11.5 Å². The molecule has 0 unspecified atom stereocenters. The summed E-state index contributed by atoms with van der Waals surface area (Å²) in [5.74, 6) is -1.10. The quantitative estimate of drug-likeness (QED) is 0.841. The van der Waals surface area contributed by atoms with Crippen molar-refractivity contribution < 1.29 is 28.2 Å². The van der Waals surface area contributed by atoms with Crippen molar-refractivity contribution in [2.45, 2.75) is 6.92 Å². The zero-order valence-electron chi connectivity index (χ0n) is 14.3. The average molecular weight is 347 g/mol. The van der Waals surface area contributed by atoms with Crippen molar-refractivity contribution in [1.82, 2.24) is 0 Å². The molecule has 2 rings (SSSR count). The van der Waals surface area contributed by atoms with Crippen molar-refractivity contribution in [2.24, 2.45) is 0 Å². The van der Waals surface area contributed by atoms with Gasteiger partial charge in [0, 0.05) is 17.7 Å². The van der Waals surface area contributed by atoms with E-state index in [1.54, 1.807) is 6.92 Å². The molecule has 0 aliphatic carbocycles. The lowest BCUT2D eigenvalue weighted by molar-refractivity contribution is 0.0601. The highest BCUT2D eigenvalue weighted by Crippen LogP contribution is 2.34. The first-order valence-corrected chi connectivity index (χ1v) is 7.33. The average Bonchev–Trinajstić information content (AvgIpc) is 2.62. The van der Waals surface area contributed by atoms with E-state index in [4.69, 9.17) is 14.2 Å². The van der Waals surface area contributed by atoms with Gasteiger partial charge in [0.15, 0.2) is 11.5 Å². The molecule has 0 aliphatic heterocycles. The van der Waals surface area contributed by atoms with E-state index in [1.165, 1.54) is 45.6 Å². The molecule has 6 nitrogen and oxygen atoms in total. The lowest BCUT2D eigenvalue weighted by Crippen LogP contribution is -2.16. The van der Waals surface area contributed by atoms with E-state index in [0.717, 1.165) is 6.07 Å². The zero-order valence-corrected chi connectivity index (χ0v) is 14.3. The maximum absolute atomic E-state index is 13.7. The standard InChI is InChI=1S/C18H18FNO5/c1-10-5-6-11(7-13(10)19)17(21)20-14-9-16(24-3)15(23-2)8-12(14)18(22)25-4/h5-9H,1-4H3,(H,20,21). The Morgan fingerprint density at radius 3 is 2.20 bits per heavy atom. The Bertz CT molecular complexity index is 819. The number of benzene rings is 2. The van der Waals surface area contributed by atoms with Crippen molar-refractivity contribution in [2.75, 3.05) is 26.6 Å². The summed E-state index contributed by atoms with van der Waals surface area (Å²) >= 11 is 0. The molecule has 1 N–H and O–H groups in total. The second-order valence-corrected chi connectivity index (χ2v) is 5.16. The van der Waals surface area contributed by atoms with Crippen LogP contribution in [0, 0.1) is 12.7 Å². The summed E-state index contributed by atoms with van der Waals surface area (Å²) in [4.78, 5) is 24.4. The van der Waals surface area contributed by atoms with Crippen LogP contribution in [0.1, 0.15) is 26.3 Å². The van der Waals surface area contributed by atoms with Gasteiger partial charge in [-0.05, 0) is 24.6 Å². The van der Waals surface area contributed by atoms with Gasteiger partial charge in [-0.2, -0.15) is 0 Å². The van der Waals surface area contributed by atoms with Crippen LogP contribution in [0.3, 0.4) is 0 Å². The van der Waals surface area contributed by atoms with Gasteiger partial charge in [0.05, 0.1) is 32.6 Å². The molecule has 1 amide bonds. The van der Waals surface area contributed by atoms with Crippen molar-refractivity contribution >= 4 is 17.6 Å². The molecule has 2 aromatic carbocycles. The summed E-state index contributed by atoms with van der Waals surface area (Å²) in [6.07, 6.45) is 0. The van der Waals surface area contributed by atoms with Crippen LogP contribution in [0.4, 0.5) is 10.1 Å². The molecule has 25 heavy (non-hydrogen) atoms. The predicted molar refractivity (Wildman–Crippen MR) is 90.0 cm³/mol. The Morgan fingerprint density at radius 2 is 1.64 bits per heavy atom. The second-order valence-electron chi connectivity index (χ2n) is 5.16. The summed E-state index contributed by atoms with van der Waals surface area (Å²) < 4.78 is 28.7. The van der Waals surface area contributed by atoms with Gasteiger partial charge in [0.1, 0.15) is 5.82 Å². The van der Waals surface area contributed by atoms with Gasteiger partial charge >= 0.3 is 5.97 Å². The number of amides is 1. The Labute approximate surface area is 144 Å². The summed E-state index contributed by atoms with van der Waals surface area (Å²) in [6, 6.07) is 6.96. The SMILES string of the molecule is COC(=O)c1cc(OC)c(OC)cc1NC(=O)c1ccc(C)c(F)c1. The smallest absolute Gasteiger partial charge is 0.340 e. The van der Waals surface area contributed by atoms with Gasteiger partial charge in [-0.3, -0.25) is 4.79 Å². The van der Waals surface area contributed by atoms with E-state index in [9.17, 15) is 14.0 Å². The Balaban J connectivity index is 2.44. The highest BCUT2D eigenvalue weighted by Gasteiger charge is 2.20. The number of esters is 1. The lowest BCUT2D eigenvalue weighted by Gasteiger charge is -2.14. The molecule has 0 fully saturated rings. The maximum Gasteiger partial charge on any atom is 0.340 e. The number of rotatable bonds is 5. The highest BCUT2D eigenvalue weighted by atomic mass is 19.1. The monoisotopic (exact) mass is 347 g/mol. The molecule has 0 bridgehead atoms. The molecule has 0 aromatic heterocycles. The molecule has 0 saturated carbocycles. The first-order chi connectivity index (χ1) is 11.9. The molecular weight excluding hydrogens is 329 g/mol. The highest BCUT2D eigenvalue weighted by molar-refractivity contribution is 6.08. The predicted octanol–water partition coefficient (Wildman–Crippen LogP) is 3.19. The van der Waals surface area contributed by atoms with Gasteiger partial charge in [-0.1, -0.05) is 6.07 Å². The maximum atomic E-state index is 13.7. The fourth-order valence-corrected chi connectivity index (χ4v) is 2.19. The number of halogens is 1. The normalized spacial score (nSPS) is 10.1. The largest absolute Gasteiger partial charge is 0.493 e. The number of carbonyl (C=O) groups is 2. The number of ether oxygens (including phenoxy) is 3. The molecule has 132 valence electrons. The van der Waals surface area contributed by atoms with E-state index >= 15 is 0 Å². The van der Waals surface area contributed by atoms with E-state index < -0.39 is 17.7 Å². The first-order valence-electron chi connectivity index (χ1n) is 7.33. The second kappa shape index (κ2) is 7.65. The van der Waals surface area contributed by atoms with E-state index in [-0.39, 0.29) is 16.8 Å². The third-order valence-corrected chi connectivity index (χ3v) is 3.61. The topological polar surface area (TPSA) is 73.9 Å². The van der Waals surface area contributed by atoms with Crippen LogP contribution in [-0.4, -0.2) is 33.2 Å². The number of hydrogen-bond acceptors (Lipinski definition) is 5. The summed E-state index contributed by atoms with van der Waals surface area (Å²) in [7, 11) is 4.07. The van der Waals surface area contributed by atoms with Crippen LogP contribution in [-0.2, 0) is 4.74 Å². The van der Waals surface area contributed by atoms with E-state index in [2.05, 4.69) is 5.32 Å². The van der Waals surface area contributed by atoms with E-state index in [0.29, 0.717) is 17.1 Å². The number of nitrogens with one attached hydrogen (secondary N) is 1. The van der Waals surface area contributed by atoms with Crippen molar-refractivity contribution in [3.63, 3.8) is 0 Å². The minimum Gasteiger partial charge on any atom is -0.493 e. The van der Waals surface area contributed by atoms with Gasteiger partial charge in [-0.25, -0.2) is 9.18 Å². The molecule has 0 saturated heterocycles. The minimum absolute atomic E-state index is 0.0843. The van der Waals surface area contributed by atoms with E-state index in [1.807, 2.05) is 0 Å². The Kier molecular flexibility index (Phi) is 5.59. The third kappa shape index (κ3) is 3.88. The fourth-order valence-electron chi connectivity index (χ4n) is 2.19. The van der Waals surface area contributed by atoms with Crippen LogP contribution in [0.25, 0.3) is 0 Å². The molecule has 0 heterocycles. The molecular formula is C18H18FNO5. The molecule has 0 atom stereocenters. The van der Waals surface area contributed by atoms with Gasteiger partial charge in [-0.15, -0.1) is 0 Å². The van der Waals surface area contributed by atoms with Crippen LogP contribution < -0.4 is 14.8 Å². The summed E-state index contributed by atoms with van der Waals surface area (Å²) in [5.41, 5.74) is 0.795. The van der Waals surface area contributed by atoms with Crippen LogP contribution in [0.15, 0.2) is 30.3 Å². The van der Waals surface area contributed by atoms with Gasteiger partial charge < -0.3 is 19.5 Å². The number of aryl methyl sites for hydroxylation is 1. The Hall–Kier alpha value is -3.09. The Morgan fingerprint density at radius 1 is 1.00 bits per heavy atom. The van der Waals surface area contributed by atoms with Crippen molar-refractivity contribution in [3.05, 3.63) is 52.8 Å². The number of hydrogen-bond donors (Lipinski definition) is 1. The van der Waals surface area contributed by atoms with Crippen LogP contribution >= 0.6 is 0 Å². The molecule has 0 spiro atoms. The molecule has 2 aromatic rings. The fraction of sp³-hybridized carbons (Fsp3) is 0.222. The molecule has 0 aliphatic rings. The minimum atomic E-state index is -0.661. The van der Waals surface area contributed by atoms with Crippen LogP contribution in [0.5, 0.6) is 11.5 Å². The number of carbonyl (C=O) groups excluding carboxylic acids is 2.